The number of carbonyl (C=O) groups is 1. The van der Waals surface area contributed by atoms with Crippen LogP contribution < -0.4 is 5.32 Å². The monoisotopic (exact) mass is 235 g/mol. The van der Waals surface area contributed by atoms with Crippen molar-refractivity contribution in [2.45, 2.75) is 6.42 Å². The van der Waals surface area contributed by atoms with E-state index in [2.05, 4.69) is 5.32 Å². The molecule has 0 aromatic rings. The zero-order valence-electron chi connectivity index (χ0n) is 8.90. The molecule has 2 rings (SSSR count). The van der Waals surface area contributed by atoms with Gasteiger partial charge in [-0.1, -0.05) is 0 Å². The Hall–Kier alpha value is -0.320. The van der Waals surface area contributed by atoms with Crippen molar-refractivity contribution < 1.29 is 14.3 Å². The van der Waals surface area contributed by atoms with Gasteiger partial charge in [0.25, 0.3) is 0 Å². The van der Waals surface area contributed by atoms with E-state index in [-0.39, 0.29) is 24.3 Å². The maximum atomic E-state index is 11.5. The van der Waals surface area contributed by atoms with Crippen molar-refractivity contribution in [1.82, 2.24) is 5.32 Å². The summed E-state index contributed by atoms with van der Waals surface area (Å²) in [6.07, 6.45) is 1.08. The van der Waals surface area contributed by atoms with E-state index in [1.807, 2.05) is 0 Å². The number of esters is 1. The molecule has 0 saturated carbocycles. The lowest BCUT2D eigenvalue weighted by atomic mass is 9.83. The fourth-order valence-corrected chi connectivity index (χ4v) is 2.49. The molecule has 0 amide bonds. The molecule has 4 nitrogen and oxygen atoms in total. The number of hydrogen-bond donors (Lipinski definition) is 1. The minimum atomic E-state index is -0.0769. The van der Waals surface area contributed by atoms with E-state index < -0.39 is 0 Å². The number of halogens is 1. The predicted octanol–water partition coefficient (Wildman–Crippen LogP) is 0.453. The summed E-state index contributed by atoms with van der Waals surface area (Å²) in [5.74, 6) is 0.901. The topological polar surface area (TPSA) is 47.6 Å². The van der Waals surface area contributed by atoms with Crippen LogP contribution in [0.4, 0.5) is 0 Å². The van der Waals surface area contributed by atoms with Crippen LogP contribution >= 0.6 is 12.4 Å². The normalized spacial score (nSPS) is 34.9. The average Bonchev–Trinajstić information content (AvgIpc) is 2.85. The zero-order chi connectivity index (χ0) is 9.97. The molecular formula is C10H18ClNO3. The van der Waals surface area contributed by atoms with Crippen molar-refractivity contribution in [3.63, 3.8) is 0 Å². The highest BCUT2D eigenvalue weighted by atomic mass is 35.5. The number of ether oxygens (including phenoxy) is 2. The number of carbonyl (C=O) groups excluding carboxylic acids is 1. The van der Waals surface area contributed by atoms with Gasteiger partial charge < -0.3 is 14.8 Å². The summed E-state index contributed by atoms with van der Waals surface area (Å²) in [5, 5.41) is 3.26. The molecule has 88 valence electrons. The van der Waals surface area contributed by atoms with E-state index in [4.69, 9.17) is 9.47 Å². The summed E-state index contributed by atoms with van der Waals surface area (Å²) < 4.78 is 10.2. The third-order valence-electron chi connectivity index (χ3n) is 3.34. The lowest BCUT2D eigenvalue weighted by molar-refractivity contribution is -0.146. The van der Waals surface area contributed by atoms with Gasteiger partial charge in [-0.05, 0) is 24.8 Å². The molecule has 2 aliphatic heterocycles. The van der Waals surface area contributed by atoms with Gasteiger partial charge >= 0.3 is 5.97 Å². The summed E-state index contributed by atoms with van der Waals surface area (Å²) in [5.41, 5.74) is 0. The SMILES string of the molecule is COC(=O)C1CNCC1C1CCOC1.Cl. The number of rotatable bonds is 2. The molecule has 0 bridgehead atoms. The third kappa shape index (κ3) is 2.62. The largest absolute Gasteiger partial charge is 0.469 e. The number of methoxy groups -OCH3 is 1. The first-order valence-corrected chi connectivity index (χ1v) is 5.19. The van der Waals surface area contributed by atoms with Crippen LogP contribution in [0.5, 0.6) is 0 Å². The van der Waals surface area contributed by atoms with Crippen molar-refractivity contribution >= 4 is 18.4 Å². The van der Waals surface area contributed by atoms with Crippen molar-refractivity contribution in [3.8, 4) is 0 Å². The summed E-state index contributed by atoms with van der Waals surface area (Å²) >= 11 is 0. The highest BCUT2D eigenvalue weighted by Crippen LogP contribution is 2.31. The molecule has 2 aliphatic rings. The van der Waals surface area contributed by atoms with Gasteiger partial charge in [-0.25, -0.2) is 0 Å². The van der Waals surface area contributed by atoms with Gasteiger partial charge in [0.1, 0.15) is 0 Å². The zero-order valence-corrected chi connectivity index (χ0v) is 9.72. The Bertz CT molecular complexity index is 219. The first-order valence-electron chi connectivity index (χ1n) is 5.19. The fourth-order valence-electron chi connectivity index (χ4n) is 2.49. The summed E-state index contributed by atoms with van der Waals surface area (Å²) in [6, 6.07) is 0. The second kappa shape index (κ2) is 5.68. The Morgan fingerprint density at radius 1 is 1.47 bits per heavy atom. The van der Waals surface area contributed by atoms with Gasteiger partial charge in [0, 0.05) is 19.8 Å². The molecule has 0 aromatic heterocycles. The van der Waals surface area contributed by atoms with Crippen LogP contribution in [0.1, 0.15) is 6.42 Å². The van der Waals surface area contributed by atoms with Crippen LogP contribution in [-0.4, -0.2) is 39.4 Å². The van der Waals surface area contributed by atoms with E-state index in [1.165, 1.54) is 7.11 Å². The average molecular weight is 236 g/mol. The molecule has 0 aromatic carbocycles. The van der Waals surface area contributed by atoms with Gasteiger partial charge in [0.05, 0.1) is 13.0 Å². The Morgan fingerprint density at radius 3 is 2.87 bits per heavy atom. The quantitative estimate of drug-likeness (QED) is 0.707. The van der Waals surface area contributed by atoms with Crippen molar-refractivity contribution in [3.05, 3.63) is 0 Å². The highest BCUT2D eigenvalue weighted by molar-refractivity contribution is 5.85. The van der Waals surface area contributed by atoms with Crippen molar-refractivity contribution in [2.24, 2.45) is 17.8 Å². The molecule has 2 saturated heterocycles. The Labute approximate surface area is 96.1 Å². The molecule has 0 aliphatic carbocycles. The fraction of sp³-hybridized carbons (Fsp3) is 0.900. The summed E-state index contributed by atoms with van der Waals surface area (Å²) in [6.45, 7) is 3.33. The first-order chi connectivity index (χ1) is 6.83. The van der Waals surface area contributed by atoms with Crippen LogP contribution in [0.3, 0.4) is 0 Å². The maximum absolute atomic E-state index is 11.5. The van der Waals surface area contributed by atoms with Gasteiger partial charge in [-0.3, -0.25) is 4.79 Å². The molecule has 2 heterocycles. The number of hydrogen-bond acceptors (Lipinski definition) is 4. The van der Waals surface area contributed by atoms with Gasteiger partial charge in [-0.15, -0.1) is 12.4 Å². The molecule has 5 heteroatoms. The molecule has 0 radical (unpaired) electrons. The Balaban J connectivity index is 0.00000112. The summed E-state index contributed by atoms with van der Waals surface area (Å²) in [7, 11) is 1.46. The maximum Gasteiger partial charge on any atom is 0.310 e. The van der Waals surface area contributed by atoms with Crippen molar-refractivity contribution in [2.75, 3.05) is 33.4 Å². The van der Waals surface area contributed by atoms with Crippen LogP contribution in [-0.2, 0) is 14.3 Å². The molecule has 3 unspecified atom stereocenters. The highest BCUT2D eigenvalue weighted by Gasteiger charge is 2.39. The van der Waals surface area contributed by atoms with Gasteiger partial charge in [-0.2, -0.15) is 0 Å². The van der Waals surface area contributed by atoms with E-state index in [1.54, 1.807) is 0 Å². The minimum Gasteiger partial charge on any atom is -0.469 e. The Morgan fingerprint density at radius 2 is 2.27 bits per heavy atom. The second-order valence-corrected chi connectivity index (χ2v) is 4.08. The van der Waals surface area contributed by atoms with E-state index >= 15 is 0 Å². The molecule has 3 atom stereocenters. The van der Waals surface area contributed by atoms with Gasteiger partial charge in [0.15, 0.2) is 0 Å². The van der Waals surface area contributed by atoms with E-state index in [0.29, 0.717) is 11.8 Å². The molecular weight excluding hydrogens is 218 g/mol. The number of nitrogens with one attached hydrogen (secondary N) is 1. The molecule has 2 fully saturated rings. The summed E-state index contributed by atoms with van der Waals surface area (Å²) in [4.78, 5) is 11.5. The smallest absolute Gasteiger partial charge is 0.310 e. The predicted molar refractivity (Wildman–Crippen MR) is 58.0 cm³/mol. The van der Waals surface area contributed by atoms with Crippen LogP contribution in [0.2, 0.25) is 0 Å². The molecule has 1 N–H and O–H groups in total. The van der Waals surface area contributed by atoms with Crippen LogP contribution in [0, 0.1) is 17.8 Å². The second-order valence-electron chi connectivity index (χ2n) is 4.08. The lowest BCUT2D eigenvalue weighted by Crippen LogP contribution is -2.29. The van der Waals surface area contributed by atoms with E-state index in [0.717, 1.165) is 32.7 Å². The lowest BCUT2D eigenvalue weighted by Gasteiger charge is -2.21. The van der Waals surface area contributed by atoms with Gasteiger partial charge in [0.2, 0.25) is 0 Å². The third-order valence-corrected chi connectivity index (χ3v) is 3.34. The Kier molecular flexibility index (Phi) is 4.83. The molecule has 0 spiro atoms. The van der Waals surface area contributed by atoms with Crippen LogP contribution in [0.25, 0.3) is 0 Å². The van der Waals surface area contributed by atoms with Crippen molar-refractivity contribution in [1.29, 1.82) is 0 Å². The van der Waals surface area contributed by atoms with Crippen LogP contribution in [0.15, 0.2) is 0 Å². The standard InChI is InChI=1S/C10H17NO3.ClH/c1-13-10(12)9-5-11-4-8(9)7-2-3-14-6-7;/h7-9,11H,2-6H2,1H3;1H. The first kappa shape index (κ1) is 12.7. The van der Waals surface area contributed by atoms with E-state index in [9.17, 15) is 4.79 Å². The molecule has 15 heavy (non-hydrogen) atoms. The minimum absolute atomic E-state index is 0.